The van der Waals surface area contributed by atoms with Gasteiger partial charge in [-0.3, -0.25) is 4.90 Å². The van der Waals surface area contributed by atoms with Gasteiger partial charge in [0.2, 0.25) is 0 Å². The lowest BCUT2D eigenvalue weighted by Crippen LogP contribution is -2.35. The SMILES string of the molecule is CCN(CC1CC1)C(CN)c1ccc(OC)cc1. The van der Waals surface area contributed by atoms with Crippen LogP contribution >= 0.6 is 0 Å². The largest absolute Gasteiger partial charge is 0.497 e. The van der Waals surface area contributed by atoms with Crippen molar-refractivity contribution in [1.82, 2.24) is 4.90 Å². The third-order valence-corrected chi connectivity index (χ3v) is 3.76. The van der Waals surface area contributed by atoms with Crippen molar-refractivity contribution in [2.24, 2.45) is 11.7 Å². The molecule has 1 aromatic rings. The topological polar surface area (TPSA) is 38.5 Å². The summed E-state index contributed by atoms with van der Waals surface area (Å²) in [7, 11) is 1.70. The van der Waals surface area contributed by atoms with Gasteiger partial charge in [-0.1, -0.05) is 19.1 Å². The van der Waals surface area contributed by atoms with Crippen LogP contribution in [0.4, 0.5) is 0 Å². The Labute approximate surface area is 110 Å². The van der Waals surface area contributed by atoms with Crippen LogP contribution in [0.25, 0.3) is 0 Å². The number of hydrogen-bond donors (Lipinski definition) is 1. The average molecular weight is 248 g/mol. The number of likely N-dealkylation sites (N-methyl/N-ethyl adjacent to an activating group) is 1. The normalized spacial score (nSPS) is 16.9. The molecule has 1 fully saturated rings. The summed E-state index contributed by atoms with van der Waals surface area (Å²) in [4.78, 5) is 2.50. The lowest BCUT2D eigenvalue weighted by molar-refractivity contribution is 0.203. The van der Waals surface area contributed by atoms with Crippen molar-refractivity contribution in [3.8, 4) is 5.75 Å². The molecule has 1 aliphatic carbocycles. The Morgan fingerprint density at radius 3 is 2.44 bits per heavy atom. The van der Waals surface area contributed by atoms with Gasteiger partial charge in [0.15, 0.2) is 0 Å². The van der Waals surface area contributed by atoms with Crippen molar-refractivity contribution < 1.29 is 4.74 Å². The Morgan fingerprint density at radius 1 is 1.33 bits per heavy atom. The molecule has 0 spiro atoms. The molecule has 1 aliphatic rings. The summed E-state index contributed by atoms with van der Waals surface area (Å²) < 4.78 is 5.20. The molecule has 0 aliphatic heterocycles. The van der Waals surface area contributed by atoms with E-state index < -0.39 is 0 Å². The van der Waals surface area contributed by atoms with Gasteiger partial charge in [-0.05, 0) is 43.0 Å². The van der Waals surface area contributed by atoms with Gasteiger partial charge in [-0.15, -0.1) is 0 Å². The smallest absolute Gasteiger partial charge is 0.118 e. The molecule has 0 bridgehead atoms. The fourth-order valence-corrected chi connectivity index (χ4v) is 2.43. The molecular weight excluding hydrogens is 224 g/mol. The Morgan fingerprint density at radius 2 is 2.00 bits per heavy atom. The molecule has 2 N–H and O–H groups in total. The van der Waals surface area contributed by atoms with E-state index in [4.69, 9.17) is 10.5 Å². The van der Waals surface area contributed by atoms with Crippen molar-refractivity contribution in [1.29, 1.82) is 0 Å². The fraction of sp³-hybridized carbons (Fsp3) is 0.600. The van der Waals surface area contributed by atoms with Crippen molar-refractivity contribution in [3.63, 3.8) is 0 Å². The predicted molar refractivity (Wildman–Crippen MR) is 74.8 cm³/mol. The summed E-state index contributed by atoms with van der Waals surface area (Å²) in [6, 6.07) is 8.63. The first-order valence-corrected chi connectivity index (χ1v) is 6.86. The Balaban J connectivity index is 2.08. The van der Waals surface area contributed by atoms with Crippen LogP contribution < -0.4 is 10.5 Å². The molecule has 1 unspecified atom stereocenters. The summed E-state index contributed by atoms with van der Waals surface area (Å²) in [5.41, 5.74) is 7.27. The van der Waals surface area contributed by atoms with Gasteiger partial charge in [0.25, 0.3) is 0 Å². The molecule has 1 atom stereocenters. The maximum atomic E-state index is 5.98. The van der Waals surface area contributed by atoms with E-state index in [0.717, 1.165) is 18.2 Å². The van der Waals surface area contributed by atoms with Crippen LogP contribution in [-0.2, 0) is 0 Å². The van der Waals surface area contributed by atoms with E-state index in [1.807, 2.05) is 12.1 Å². The van der Waals surface area contributed by atoms with Crippen LogP contribution in [0, 0.1) is 5.92 Å². The maximum absolute atomic E-state index is 5.98. The van der Waals surface area contributed by atoms with Gasteiger partial charge >= 0.3 is 0 Å². The highest BCUT2D eigenvalue weighted by Crippen LogP contribution is 2.32. The number of nitrogens with zero attached hydrogens (tertiary/aromatic N) is 1. The monoisotopic (exact) mass is 248 g/mol. The predicted octanol–water partition coefficient (Wildman–Crippen LogP) is 2.43. The molecule has 0 amide bonds. The molecule has 1 saturated carbocycles. The van der Waals surface area contributed by atoms with Crippen molar-refractivity contribution in [2.75, 3.05) is 26.7 Å². The number of hydrogen-bond acceptors (Lipinski definition) is 3. The zero-order chi connectivity index (χ0) is 13.0. The molecule has 3 nitrogen and oxygen atoms in total. The molecule has 2 rings (SSSR count). The summed E-state index contributed by atoms with van der Waals surface area (Å²) >= 11 is 0. The minimum atomic E-state index is 0.335. The van der Waals surface area contributed by atoms with E-state index in [-0.39, 0.29) is 0 Å². The van der Waals surface area contributed by atoms with Gasteiger partial charge in [0.1, 0.15) is 5.75 Å². The second-order valence-electron chi connectivity index (χ2n) is 5.06. The standard InChI is InChI=1S/C15H24N2O/c1-3-17(11-12-4-5-12)15(10-16)13-6-8-14(18-2)9-7-13/h6-9,12,15H,3-5,10-11,16H2,1-2H3. The molecule has 100 valence electrons. The highest BCUT2D eigenvalue weighted by atomic mass is 16.5. The van der Waals surface area contributed by atoms with E-state index in [2.05, 4.69) is 24.0 Å². The summed E-state index contributed by atoms with van der Waals surface area (Å²) in [5, 5.41) is 0. The Kier molecular flexibility index (Phi) is 4.61. The van der Waals surface area contributed by atoms with E-state index >= 15 is 0 Å². The molecule has 18 heavy (non-hydrogen) atoms. The van der Waals surface area contributed by atoms with E-state index in [9.17, 15) is 0 Å². The third kappa shape index (κ3) is 3.24. The zero-order valence-electron chi connectivity index (χ0n) is 11.4. The summed E-state index contributed by atoms with van der Waals surface area (Å²) in [6.45, 7) is 5.14. The molecule has 0 heterocycles. The summed E-state index contributed by atoms with van der Waals surface area (Å²) in [6.07, 6.45) is 2.77. The second-order valence-corrected chi connectivity index (χ2v) is 5.06. The van der Waals surface area contributed by atoms with Crippen molar-refractivity contribution >= 4 is 0 Å². The van der Waals surface area contributed by atoms with Crippen molar-refractivity contribution in [2.45, 2.75) is 25.8 Å². The van der Waals surface area contributed by atoms with Gasteiger partial charge in [-0.2, -0.15) is 0 Å². The second kappa shape index (κ2) is 6.21. The third-order valence-electron chi connectivity index (χ3n) is 3.76. The van der Waals surface area contributed by atoms with Gasteiger partial charge < -0.3 is 10.5 Å². The Hall–Kier alpha value is -1.06. The van der Waals surface area contributed by atoms with E-state index in [1.165, 1.54) is 24.9 Å². The quantitative estimate of drug-likeness (QED) is 0.805. The highest BCUT2D eigenvalue weighted by molar-refractivity contribution is 5.29. The first kappa shape index (κ1) is 13.4. The minimum Gasteiger partial charge on any atom is -0.497 e. The summed E-state index contributed by atoms with van der Waals surface area (Å²) in [5.74, 6) is 1.80. The van der Waals surface area contributed by atoms with Crippen molar-refractivity contribution in [3.05, 3.63) is 29.8 Å². The molecular formula is C15H24N2O. The lowest BCUT2D eigenvalue weighted by atomic mass is 10.0. The highest BCUT2D eigenvalue weighted by Gasteiger charge is 2.27. The fourth-order valence-electron chi connectivity index (χ4n) is 2.43. The number of rotatable bonds is 7. The number of methoxy groups -OCH3 is 1. The van der Waals surface area contributed by atoms with Gasteiger partial charge in [-0.25, -0.2) is 0 Å². The molecule has 1 aromatic carbocycles. The van der Waals surface area contributed by atoms with Crippen LogP contribution in [-0.4, -0.2) is 31.6 Å². The first-order chi connectivity index (χ1) is 8.78. The molecule has 0 radical (unpaired) electrons. The number of nitrogens with two attached hydrogens (primary N) is 1. The Bertz CT molecular complexity index is 359. The molecule has 0 aromatic heterocycles. The van der Waals surface area contributed by atoms with E-state index in [1.54, 1.807) is 7.11 Å². The molecule has 0 saturated heterocycles. The number of ether oxygens (including phenoxy) is 1. The van der Waals surface area contributed by atoms with Crippen LogP contribution in [0.1, 0.15) is 31.4 Å². The number of benzene rings is 1. The van der Waals surface area contributed by atoms with Gasteiger partial charge in [0, 0.05) is 19.1 Å². The van der Waals surface area contributed by atoms with Crippen LogP contribution in [0.15, 0.2) is 24.3 Å². The maximum Gasteiger partial charge on any atom is 0.118 e. The average Bonchev–Trinajstić information content (AvgIpc) is 3.23. The minimum absolute atomic E-state index is 0.335. The molecule has 3 heteroatoms. The van der Waals surface area contributed by atoms with Gasteiger partial charge in [0.05, 0.1) is 7.11 Å². The van der Waals surface area contributed by atoms with E-state index in [0.29, 0.717) is 12.6 Å². The zero-order valence-corrected chi connectivity index (χ0v) is 11.4. The first-order valence-electron chi connectivity index (χ1n) is 6.86. The van der Waals surface area contributed by atoms with Crippen LogP contribution in [0.2, 0.25) is 0 Å². The van der Waals surface area contributed by atoms with Crippen LogP contribution in [0.3, 0.4) is 0 Å². The lowest BCUT2D eigenvalue weighted by Gasteiger charge is -2.30. The van der Waals surface area contributed by atoms with Crippen LogP contribution in [0.5, 0.6) is 5.75 Å².